The molecule has 0 radical (unpaired) electrons. The topological polar surface area (TPSA) is 60.5 Å². The summed E-state index contributed by atoms with van der Waals surface area (Å²) in [5, 5.41) is 2.80. The lowest BCUT2D eigenvalue weighted by atomic mass is 10.1. The van der Waals surface area contributed by atoms with Gasteiger partial charge < -0.3 is 14.8 Å². The minimum Gasteiger partial charge on any atom is -0.496 e. The summed E-state index contributed by atoms with van der Waals surface area (Å²) in [5.74, 6) is 1.10. The zero-order valence-electron chi connectivity index (χ0n) is 12.3. The highest BCUT2D eigenvalue weighted by Crippen LogP contribution is 2.20. The zero-order valence-corrected chi connectivity index (χ0v) is 12.3. The summed E-state index contributed by atoms with van der Waals surface area (Å²) in [6.07, 6.45) is 1.81. The lowest BCUT2D eigenvalue weighted by Gasteiger charge is -2.10. The van der Waals surface area contributed by atoms with Crippen molar-refractivity contribution in [2.75, 3.05) is 19.5 Å². The monoisotopic (exact) mass is 286 g/mol. The van der Waals surface area contributed by atoms with E-state index in [1.165, 1.54) is 0 Å². The summed E-state index contributed by atoms with van der Waals surface area (Å²) in [5.41, 5.74) is 2.58. The second-order valence-electron chi connectivity index (χ2n) is 4.63. The molecule has 5 nitrogen and oxygen atoms in total. The maximum atomic E-state index is 12.1. The van der Waals surface area contributed by atoms with Crippen molar-refractivity contribution in [2.45, 2.75) is 13.3 Å². The third-order valence-corrected chi connectivity index (χ3v) is 3.02. The summed E-state index contributed by atoms with van der Waals surface area (Å²) in [6.45, 7) is 1.98. The van der Waals surface area contributed by atoms with Gasteiger partial charge in [-0.2, -0.15) is 0 Å². The lowest BCUT2D eigenvalue weighted by Crippen LogP contribution is -2.15. The van der Waals surface area contributed by atoms with Gasteiger partial charge in [0.2, 0.25) is 11.8 Å². The highest BCUT2D eigenvalue weighted by atomic mass is 16.5. The third kappa shape index (κ3) is 3.95. The van der Waals surface area contributed by atoms with E-state index in [2.05, 4.69) is 10.3 Å². The Morgan fingerprint density at radius 2 is 2.00 bits per heavy atom. The number of carbonyl (C=O) groups is 1. The molecule has 2 aromatic rings. The Labute approximate surface area is 123 Å². The predicted molar refractivity (Wildman–Crippen MR) is 80.9 cm³/mol. The Kier molecular flexibility index (Phi) is 4.77. The fraction of sp³-hybridized carbons (Fsp3) is 0.250. The van der Waals surface area contributed by atoms with E-state index in [9.17, 15) is 4.79 Å². The van der Waals surface area contributed by atoms with E-state index in [0.717, 1.165) is 11.1 Å². The molecule has 0 aliphatic carbocycles. The average molecular weight is 286 g/mol. The van der Waals surface area contributed by atoms with Gasteiger partial charge in [-0.05, 0) is 19.1 Å². The predicted octanol–water partition coefficient (Wildman–Crippen LogP) is 2.59. The number of rotatable bonds is 5. The zero-order chi connectivity index (χ0) is 15.2. The van der Waals surface area contributed by atoms with Crippen LogP contribution < -0.4 is 14.8 Å². The Hall–Kier alpha value is -2.56. The molecular formula is C16H18N2O3. The van der Waals surface area contributed by atoms with E-state index < -0.39 is 0 Å². The van der Waals surface area contributed by atoms with Crippen LogP contribution in [0.25, 0.3) is 0 Å². The second kappa shape index (κ2) is 6.74. The van der Waals surface area contributed by atoms with Crippen molar-refractivity contribution in [1.29, 1.82) is 0 Å². The van der Waals surface area contributed by atoms with Gasteiger partial charge in [0.05, 0.1) is 32.5 Å². The van der Waals surface area contributed by atoms with Crippen molar-refractivity contribution in [1.82, 2.24) is 4.98 Å². The quantitative estimate of drug-likeness (QED) is 0.917. The number of nitrogens with one attached hydrogen (secondary N) is 1. The number of carbonyl (C=O) groups excluding carboxylic acids is 1. The summed E-state index contributed by atoms with van der Waals surface area (Å²) in [4.78, 5) is 16.1. The molecule has 1 aromatic carbocycles. The molecule has 1 N–H and O–H groups in total. The molecular weight excluding hydrogens is 268 g/mol. The summed E-state index contributed by atoms with van der Waals surface area (Å²) < 4.78 is 10.2. The van der Waals surface area contributed by atoms with Gasteiger partial charge >= 0.3 is 0 Å². The molecule has 0 aliphatic heterocycles. The molecule has 5 heteroatoms. The molecule has 0 saturated heterocycles. The molecule has 21 heavy (non-hydrogen) atoms. The molecule has 1 heterocycles. The van der Waals surface area contributed by atoms with Crippen molar-refractivity contribution in [2.24, 2.45) is 0 Å². The first kappa shape index (κ1) is 14.8. The van der Waals surface area contributed by atoms with E-state index in [-0.39, 0.29) is 12.3 Å². The number of pyridine rings is 1. The summed E-state index contributed by atoms with van der Waals surface area (Å²) in [7, 11) is 3.14. The van der Waals surface area contributed by atoms with Crippen LogP contribution in [0.5, 0.6) is 11.6 Å². The van der Waals surface area contributed by atoms with Gasteiger partial charge in [-0.25, -0.2) is 4.98 Å². The molecule has 1 aromatic heterocycles. The van der Waals surface area contributed by atoms with Crippen LogP contribution in [-0.2, 0) is 11.2 Å². The Morgan fingerprint density at radius 3 is 2.62 bits per heavy atom. The maximum absolute atomic E-state index is 12.1. The highest BCUT2D eigenvalue weighted by Gasteiger charge is 2.09. The van der Waals surface area contributed by atoms with Gasteiger partial charge in [0, 0.05) is 11.6 Å². The number of aromatic nitrogens is 1. The SMILES string of the molecule is COc1ccc(NC(=O)Cc2cc(C)ccc2OC)cn1. The number of amides is 1. The largest absolute Gasteiger partial charge is 0.496 e. The Morgan fingerprint density at radius 1 is 1.19 bits per heavy atom. The number of anilines is 1. The fourth-order valence-corrected chi connectivity index (χ4v) is 2.00. The van der Waals surface area contributed by atoms with Gasteiger partial charge in [-0.1, -0.05) is 17.7 Å². The van der Waals surface area contributed by atoms with Gasteiger partial charge in [-0.15, -0.1) is 0 Å². The van der Waals surface area contributed by atoms with E-state index in [1.54, 1.807) is 32.5 Å². The Bertz CT molecular complexity index is 624. The van der Waals surface area contributed by atoms with Crippen molar-refractivity contribution in [3.63, 3.8) is 0 Å². The lowest BCUT2D eigenvalue weighted by molar-refractivity contribution is -0.115. The van der Waals surface area contributed by atoms with Gasteiger partial charge in [0.15, 0.2) is 0 Å². The summed E-state index contributed by atoms with van der Waals surface area (Å²) >= 11 is 0. The first-order chi connectivity index (χ1) is 10.1. The van der Waals surface area contributed by atoms with Crippen molar-refractivity contribution >= 4 is 11.6 Å². The number of ether oxygens (including phenoxy) is 2. The van der Waals surface area contributed by atoms with Crippen molar-refractivity contribution in [3.8, 4) is 11.6 Å². The molecule has 0 atom stereocenters. The first-order valence-electron chi connectivity index (χ1n) is 6.56. The molecule has 0 spiro atoms. The van der Waals surface area contributed by atoms with Crippen LogP contribution in [0.3, 0.4) is 0 Å². The number of hydrogen-bond donors (Lipinski definition) is 1. The number of nitrogens with zero attached hydrogens (tertiary/aromatic N) is 1. The number of hydrogen-bond acceptors (Lipinski definition) is 4. The van der Waals surface area contributed by atoms with Crippen molar-refractivity contribution < 1.29 is 14.3 Å². The second-order valence-corrected chi connectivity index (χ2v) is 4.63. The highest BCUT2D eigenvalue weighted by molar-refractivity contribution is 5.92. The van der Waals surface area contributed by atoms with E-state index in [4.69, 9.17) is 9.47 Å². The van der Waals surface area contributed by atoms with E-state index in [0.29, 0.717) is 17.3 Å². The van der Waals surface area contributed by atoms with Crippen LogP contribution in [0.1, 0.15) is 11.1 Å². The molecule has 0 saturated carbocycles. The van der Waals surface area contributed by atoms with Crippen LogP contribution in [0, 0.1) is 6.92 Å². The first-order valence-corrected chi connectivity index (χ1v) is 6.56. The molecule has 0 unspecified atom stereocenters. The van der Waals surface area contributed by atoms with Gasteiger partial charge in [-0.3, -0.25) is 4.79 Å². The third-order valence-electron chi connectivity index (χ3n) is 3.02. The van der Waals surface area contributed by atoms with Crippen molar-refractivity contribution in [3.05, 3.63) is 47.7 Å². The molecule has 2 rings (SSSR count). The van der Waals surface area contributed by atoms with Crippen LogP contribution in [0.4, 0.5) is 5.69 Å². The van der Waals surface area contributed by atoms with E-state index in [1.807, 2.05) is 25.1 Å². The fourth-order valence-electron chi connectivity index (χ4n) is 2.00. The van der Waals surface area contributed by atoms with E-state index >= 15 is 0 Å². The Balaban J connectivity index is 2.05. The van der Waals surface area contributed by atoms with Crippen LogP contribution >= 0.6 is 0 Å². The maximum Gasteiger partial charge on any atom is 0.228 e. The normalized spacial score (nSPS) is 10.0. The van der Waals surface area contributed by atoms with Gasteiger partial charge in [0.25, 0.3) is 0 Å². The summed E-state index contributed by atoms with van der Waals surface area (Å²) in [6, 6.07) is 9.21. The van der Waals surface area contributed by atoms with Crippen LogP contribution in [-0.4, -0.2) is 25.1 Å². The number of benzene rings is 1. The smallest absolute Gasteiger partial charge is 0.228 e. The van der Waals surface area contributed by atoms with Gasteiger partial charge in [0.1, 0.15) is 5.75 Å². The minimum atomic E-state index is -0.120. The molecule has 110 valence electrons. The molecule has 0 bridgehead atoms. The molecule has 0 fully saturated rings. The standard InChI is InChI=1S/C16H18N2O3/c1-11-4-6-14(20-2)12(8-11)9-15(19)18-13-5-7-16(21-3)17-10-13/h4-8,10H,9H2,1-3H3,(H,18,19). The minimum absolute atomic E-state index is 0.120. The van der Waals surface area contributed by atoms with Crippen LogP contribution in [0.2, 0.25) is 0 Å². The number of aryl methyl sites for hydroxylation is 1. The molecule has 0 aliphatic rings. The number of methoxy groups -OCH3 is 2. The molecule has 1 amide bonds. The average Bonchev–Trinajstić information content (AvgIpc) is 2.48. The van der Waals surface area contributed by atoms with Crippen LogP contribution in [0.15, 0.2) is 36.5 Å².